The smallest absolute Gasteiger partial charge is 0.153 e. The second-order valence-corrected chi connectivity index (χ2v) is 12.8. The molecule has 1 unspecified atom stereocenters. The molecule has 0 amide bonds. The topological polar surface area (TPSA) is 37.8 Å². The minimum atomic E-state index is -0.279. The molecule has 1 N–H and O–H groups in total. The van der Waals surface area contributed by atoms with Crippen LogP contribution in [0.3, 0.4) is 0 Å². The first-order chi connectivity index (χ1) is 19.0. The summed E-state index contributed by atoms with van der Waals surface area (Å²) in [4.78, 5) is 9.62. The highest BCUT2D eigenvalue weighted by Crippen LogP contribution is 2.45. The zero-order valence-electron chi connectivity index (χ0n) is 25.9. The van der Waals surface area contributed by atoms with Gasteiger partial charge < -0.3 is 5.32 Å². The standard InChI is InChI=1S/C32H40FN3.C4H10/c1-21(2)16-27(24-12-13-24)25-9-7-8-23(18-25)11-14-26-19-34-30(28-17-22(3)10-15-29(28)33)31(36-26)35-20-32(4,5)6;1-3-4-2/h7-10,15,17-19,24,27H,1,11-14,16,20H2,2-6H3,(H,35,36);3-4H2,1-2H3. The summed E-state index contributed by atoms with van der Waals surface area (Å²) in [7, 11) is 0. The molecule has 2 aromatic carbocycles. The molecule has 0 aliphatic heterocycles. The molecule has 1 aromatic heterocycles. The van der Waals surface area contributed by atoms with Crippen molar-refractivity contribution in [3.05, 3.63) is 89.0 Å². The van der Waals surface area contributed by atoms with Crippen LogP contribution in [0.25, 0.3) is 11.3 Å². The van der Waals surface area contributed by atoms with Crippen molar-refractivity contribution in [2.45, 2.75) is 99.3 Å². The number of hydrogen-bond donors (Lipinski definition) is 1. The first-order valence-electron chi connectivity index (χ1n) is 15.1. The van der Waals surface area contributed by atoms with Gasteiger partial charge in [0.1, 0.15) is 11.5 Å². The maximum absolute atomic E-state index is 14.7. The van der Waals surface area contributed by atoms with Crippen molar-refractivity contribution in [3.8, 4) is 11.3 Å². The average Bonchev–Trinajstić information content (AvgIpc) is 3.76. The average molecular weight is 544 g/mol. The van der Waals surface area contributed by atoms with Gasteiger partial charge in [-0.3, -0.25) is 4.98 Å². The summed E-state index contributed by atoms with van der Waals surface area (Å²) in [5, 5.41) is 3.45. The van der Waals surface area contributed by atoms with Gasteiger partial charge in [0.15, 0.2) is 5.82 Å². The Balaban J connectivity index is 0.00000103. The lowest BCUT2D eigenvalue weighted by atomic mass is 9.87. The highest BCUT2D eigenvalue weighted by molar-refractivity contribution is 5.72. The number of nitrogens with zero attached hydrogens (tertiary/aromatic N) is 2. The molecular formula is C36H50FN3. The van der Waals surface area contributed by atoms with Crippen molar-refractivity contribution in [3.63, 3.8) is 0 Å². The van der Waals surface area contributed by atoms with Crippen molar-refractivity contribution in [2.75, 3.05) is 11.9 Å². The molecule has 40 heavy (non-hydrogen) atoms. The minimum Gasteiger partial charge on any atom is -0.368 e. The summed E-state index contributed by atoms with van der Waals surface area (Å²) < 4.78 is 14.7. The molecule has 0 radical (unpaired) electrons. The maximum Gasteiger partial charge on any atom is 0.153 e. The SMILES string of the molecule is C=C(C)CC(c1cccc(CCc2cnc(-c3cc(C)ccc3F)c(NCC(C)(C)C)n2)c1)C1CC1.CCCC. The van der Waals surface area contributed by atoms with Crippen molar-refractivity contribution >= 4 is 5.82 Å². The van der Waals surface area contributed by atoms with Crippen molar-refractivity contribution < 1.29 is 4.39 Å². The van der Waals surface area contributed by atoms with Gasteiger partial charge in [-0.15, -0.1) is 6.58 Å². The number of nitrogens with one attached hydrogen (secondary N) is 1. The zero-order chi connectivity index (χ0) is 29.3. The lowest BCUT2D eigenvalue weighted by Gasteiger charge is -2.21. The Morgan fingerprint density at radius 1 is 1.07 bits per heavy atom. The Morgan fingerprint density at radius 2 is 1.80 bits per heavy atom. The molecule has 1 fully saturated rings. The van der Waals surface area contributed by atoms with Gasteiger partial charge in [-0.1, -0.05) is 88.9 Å². The molecule has 216 valence electrons. The van der Waals surface area contributed by atoms with E-state index in [1.165, 1.54) is 48.4 Å². The third-order valence-electron chi connectivity index (χ3n) is 7.29. The molecule has 1 heterocycles. The largest absolute Gasteiger partial charge is 0.368 e. The van der Waals surface area contributed by atoms with E-state index in [0.29, 0.717) is 23.0 Å². The molecule has 4 rings (SSSR count). The van der Waals surface area contributed by atoms with E-state index >= 15 is 0 Å². The lowest BCUT2D eigenvalue weighted by Crippen LogP contribution is -2.20. The molecule has 0 bridgehead atoms. The van der Waals surface area contributed by atoms with Crippen molar-refractivity contribution in [2.24, 2.45) is 11.3 Å². The molecular weight excluding hydrogens is 493 g/mol. The van der Waals surface area contributed by atoms with Crippen molar-refractivity contribution in [1.82, 2.24) is 9.97 Å². The number of unbranched alkanes of at least 4 members (excludes halogenated alkanes) is 1. The normalized spacial score (nSPS) is 13.8. The van der Waals surface area contributed by atoms with Crippen LogP contribution in [0.1, 0.15) is 102 Å². The van der Waals surface area contributed by atoms with Crippen LogP contribution < -0.4 is 5.32 Å². The van der Waals surface area contributed by atoms with E-state index in [2.05, 4.69) is 77.7 Å². The van der Waals surface area contributed by atoms with Gasteiger partial charge in [0, 0.05) is 18.3 Å². The molecule has 3 nitrogen and oxygen atoms in total. The van der Waals surface area contributed by atoms with Crippen molar-refractivity contribution in [1.29, 1.82) is 0 Å². The van der Waals surface area contributed by atoms with Crippen LogP contribution in [0.5, 0.6) is 0 Å². The summed E-state index contributed by atoms with van der Waals surface area (Å²) >= 11 is 0. The predicted molar refractivity (Wildman–Crippen MR) is 169 cm³/mol. The Morgan fingerprint density at radius 3 is 2.42 bits per heavy atom. The van der Waals surface area contributed by atoms with E-state index in [1.54, 1.807) is 12.3 Å². The van der Waals surface area contributed by atoms with Gasteiger partial charge in [-0.05, 0) is 86.5 Å². The number of aromatic nitrogens is 2. The molecule has 1 aliphatic carbocycles. The number of rotatable bonds is 11. The fraction of sp³-hybridized carbons (Fsp3) is 0.500. The van der Waals surface area contributed by atoms with Gasteiger partial charge in [0.25, 0.3) is 0 Å². The van der Waals surface area contributed by atoms with E-state index in [4.69, 9.17) is 9.97 Å². The Kier molecular flexibility index (Phi) is 11.5. The third kappa shape index (κ3) is 9.87. The van der Waals surface area contributed by atoms with E-state index in [-0.39, 0.29) is 11.2 Å². The second-order valence-electron chi connectivity index (χ2n) is 12.8. The van der Waals surface area contributed by atoms with E-state index in [9.17, 15) is 4.39 Å². The van der Waals surface area contributed by atoms with E-state index in [0.717, 1.165) is 43.0 Å². The van der Waals surface area contributed by atoms with Crippen LogP contribution in [0.4, 0.5) is 10.2 Å². The number of aryl methyl sites for hydroxylation is 3. The van der Waals surface area contributed by atoms with Gasteiger partial charge >= 0.3 is 0 Å². The van der Waals surface area contributed by atoms with Gasteiger partial charge in [0.05, 0.1) is 5.69 Å². The summed E-state index contributed by atoms with van der Waals surface area (Å²) in [5.41, 5.74) is 7.03. The second kappa shape index (κ2) is 14.6. The van der Waals surface area contributed by atoms with Crippen LogP contribution in [-0.4, -0.2) is 16.5 Å². The Bertz CT molecular complexity index is 1250. The molecule has 1 saturated carbocycles. The zero-order valence-corrected chi connectivity index (χ0v) is 25.9. The molecule has 3 aromatic rings. The Hall–Kier alpha value is -3.01. The summed E-state index contributed by atoms with van der Waals surface area (Å²) in [6, 6.07) is 14.2. The van der Waals surface area contributed by atoms with Gasteiger partial charge in [0.2, 0.25) is 0 Å². The third-order valence-corrected chi connectivity index (χ3v) is 7.29. The number of anilines is 1. The maximum atomic E-state index is 14.7. The minimum absolute atomic E-state index is 0.0580. The van der Waals surface area contributed by atoms with Gasteiger partial charge in [-0.2, -0.15) is 0 Å². The number of halogens is 1. The fourth-order valence-electron chi connectivity index (χ4n) is 4.72. The quantitative estimate of drug-likeness (QED) is 0.244. The number of allylic oxidation sites excluding steroid dienone is 1. The fourth-order valence-corrected chi connectivity index (χ4v) is 4.72. The summed E-state index contributed by atoms with van der Waals surface area (Å²) in [6.07, 6.45) is 9.85. The van der Waals surface area contributed by atoms with Gasteiger partial charge in [-0.25, -0.2) is 9.37 Å². The monoisotopic (exact) mass is 543 g/mol. The van der Waals surface area contributed by atoms with Crippen LogP contribution in [0.2, 0.25) is 0 Å². The van der Waals surface area contributed by atoms with Crippen LogP contribution in [0.15, 0.2) is 60.8 Å². The van der Waals surface area contributed by atoms with Crippen LogP contribution in [0, 0.1) is 24.1 Å². The molecule has 0 saturated heterocycles. The predicted octanol–water partition coefficient (Wildman–Crippen LogP) is 10.1. The summed E-state index contributed by atoms with van der Waals surface area (Å²) in [6.45, 7) is 19.8. The molecule has 4 heteroatoms. The molecule has 0 spiro atoms. The van der Waals surface area contributed by atoms with Crippen LogP contribution in [-0.2, 0) is 12.8 Å². The van der Waals surface area contributed by atoms with E-state index < -0.39 is 0 Å². The summed E-state index contributed by atoms with van der Waals surface area (Å²) in [5.74, 6) is 1.75. The first-order valence-corrected chi connectivity index (χ1v) is 15.1. The number of benzene rings is 2. The highest BCUT2D eigenvalue weighted by Gasteiger charge is 2.32. The molecule has 1 atom stereocenters. The van der Waals surface area contributed by atoms with Crippen LogP contribution >= 0.6 is 0 Å². The molecule has 1 aliphatic rings. The lowest BCUT2D eigenvalue weighted by molar-refractivity contribution is 0.442. The first kappa shape index (κ1) is 31.5. The number of hydrogen-bond acceptors (Lipinski definition) is 3. The Labute approximate surface area is 242 Å². The van der Waals surface area contributed by atoms with E-state index in [1.807, 2.05) is 13.0 Å². The highest BCUT2D eigenvalue weighted by atomic mass is 19.1.